The molecular formula is C26H30FN5O2. The van der Waals surface area contributed by atoms with Crippen molar-refractivity contribution in [2.75, 3.05) is 25.1 Å². The van der Waals surface area contributed by atoms with E-state index in [0.717, 1.165) is 18.4 Å². The molecule has 1 aromatic carbocycles. The molecule has 2 N–H and O–H groups in total. The third-order valence-electron chi connectivity index (χ3n) is 7.11. The van der Waals surface area contributed by atoms with Gasteiger partial charge in [0.25, 0.3) is 5.56 Å². The number of benzene rings is 1. The van der Waals surface area contributed by atoms with Crippen LogP contribution < -0.4 is 20.9 Å². The Morgan fingerprint density at radius 1 is 1.29 bits per heavy atom. The van der Waals surface area contributed by atoms with Crippen molar-refractivity contribution in [2.45, 2.75) is 38.6 Å². The number of nitriles is 1. The molecule has 1 fully saturated rings. The van der Waals surface area contributed by atoms with Gasteiger partial charge in [0.2, 0.25) is 5.95 Å². The fraction of sp³-hybridized carbons (Fsp3) is 0.423. The summed E-state index contributed by atoms with van der Waals surface area (Å²) in [6.07, 6.45) is 5.36. The number of allylic oxidation sites excluding steroid dienone is 4. The molecule has 2 unspecified atom stereocenters. The number of methoxy groups -OCH3 is 1. The molecule has 1 aliphatic heterocycles. The molecule has 0 saturated carbocycles. The zero-order valence-corrected chi connectivity index (χ0v) is 20.0. The van der Waals surface area contributed by atoms with Crippen molar-refractivity contribution in [3.63, 3.8) is 0 Å². The van der Waals surface area contributed by atoms with Crippen molar-refractivity contribution in [3.8, 4) is 22.9 Å². The molecule has 34 heavy (non-hydrogen) atoms. The Hall–Kier alpha value is -3.44. The van der Waals surface area contributed by atoms with Crippen molar-refractivity contribution in [3.05, 3.63) is 63.4 Å². The summed E-state index contributed by atoms with van der Waals surface area (Å²) in [6, 6.07) is 6.91. The lowest BCUT2D eigenvalue weighted by Gasteiger charge is -2.34. The van der Waals surface area contributed by atoms with Crippen LogP contribution in [-0.2, 0) is 7.05 Å². The first-order chi connectivity index (χ1) is 16.3. The summed E-state index contributed by atoms with van der Waals surface area (Å²) in [5.41, 5.74) is 8.79. The smallest absolute Gasteiger partial charge is 0.262 e. The van der Waals surface area contributed by atoms with Crippen LogP contribution in [0.4, 0.5) is 10.3 Å². The average molecular weight is 464 g/mol. The van der Waals surface area contributed by atoms with Gasteiger partial charge in [-0.1, -0.05) is 24.6 Å². The highest BCUT2D eigenvalue weighted by molar-refractivity contribution is 5.69. The fourth-order valence-electron chi connectivity index (χ4n) is 4.79. The Bertz CT molecular complexity index is 1270. The number of anilines is 1. The molecule has 0 radical (unpaired) electrons. The van der Waals surface area contributed by atoms with E-state index >= 15 is 0 Å². The van der Waals surface area contributed by atoms with Crippen LogP contribution in [0.15, 0.2) is 46.3 Å². The molecule has 0 bridgehead atoms. The van der Waals surface area contributed by atoms with Gasteiger partial charge in [-0.3, -0.25) is 9.36 Å². The zero-order chi connectivity index (χ0) is 24.6. The van der Waals surface area contributed by atoms with Crippen LogP contribution in [0.1, 0.15) is 38.3 Å². The normalized spacial score (nSPS) is 21.0. The summed E-state index contributed by atoms with van der Waals surface area (Å²) >= 11 is 0. The number of aromatic nitrogens is 2. The standard InChI is InChI=1S/C26H30FN5O2/c1-15-16(2)20(7-5-18(15)14-28)24-23(17-6-8-22(34-4)21(27)13-17)25(33)31(3)26(30-24)32-11-9-19(29)10-12-32/h5-8,13,16,19-20H,9-12,29H2,1-4H3. The van der Waals surface area contributed by atoms with Crippen LogP contribution in [0.25, 0.3) is 11.1 Å². The Morgan fingerprint density at radius 3 is 2.62 bits per heavy atom. The molecule has 2 heterocycles. The number of nitrogens with two attached hydrogens (primary N) is 1. The molecule has 2 atom stereocenters. The number of nitrogens with zero attached hydrogens (tertiary/aromatic N) is 4. The van der Waals surface area contributed by atoms with Crippen molar-refractivity contribution < 1.29 is 9.13 Å². The van der Waals surface area contributed by atoms with E-state index in [1.165, 1.54) is 19.2 Å². The molecule has 1 aliphatic carbocycles. The van der Waals surface area contributed by atoms with Gasteiger partial charge >= 0.3 is 0 Å². The molecule has 8 heteroatoms. The summed E-state index contributed by atoms with van der Waals surface area (Å²) in [4.78, 5) is 20.9. The van der Waals surface area contributed by atoms with Crippen LogP contribution in [0.2, 0.25) is 0 Å². The van der Waals surface area contributed by atoms with Gasteiger partial charge in [-0.15, -0.1) is 0 Å². The average Bonchev–Trinajstić information content (AvgIpc) is 2.83. The molecule has 1 saturated heterocycles. The molecule has 0 amide bonds. The van der Waals surface area contributed by atoms with Crippen LogP contribution in [-0.4, -0.2) is 35.8 Å². The molecule has 0 spiro atoms. The zero-order valence-electron chi connectivity index (χ0n) is 20.0. The summed E-state index contributed by atoms with van der Waals surface area (Å²) in [5, 5.41) is 9.47. The maximum absolute atomic E-state index is 14.7. The van der Waals surface area contributed by atoms with Gasteiger partial charge in [0.1, 0.15) is 0 Å². The monoisotopic (exact) mass is 463 g/mol. The summed E-state index contributed by atoms with van der Waals surface area (Å²) in [7, 11) is 3.10. The minimum Gasteiger partial charge on any atom is -0.494 e. The highest BCUT2D eigenvalue weighted by atomic mass is 19.1. The van der Waals surface area contributed by atoms with Crippen molar-refractivity contribution in [1.29, 1.82) is 5.26 Å². The second-order valence-electron chi connectivity index (χ2n) is 9.09. The minimum absolute atomic E-state index is 0.0521. The Balaban J connectivity index is 1.92. The number of hydrogen-bond acceptors (Lipinski definition) is 6. The van der Waals surface area contributed by atoms with Gasteiger partial charge in [-0.25, -0.2) is 9.37 Å². The second kappa shape index (κ2) is 9.43. The first-order valence-electron chi connectivity index (χ1n) is 11.5. The number of halogens is 1. The van der Waals surface area contributed by atoms with Crippen LogP contribution >= 0.6 is 0 Å². The Kier molecular flexibility index (Phi) is 6.58. The lowest BCUT2D eigenvalue weighted by atomic mass is 9.78. The molecule has 178 valence electrons. The van der Waals surface area contributed by atoms with Gasteiger partial charge in [0, 0.05) is 32.1 Å². The van der Waals surface area contributed by atoms with E-state index in [2.05, 4.69) is 11.0 Å². The third-order valence-corrected chi connectivity index (χ3v) is 7.11. The minimum atomic E-state index is -0.544. The topological polar surface area (TPSA) is 97.2 Å². The van der Waals surface area contributed by atoms with Crippen LogP contribution in [0, 0.1) is 23.1 Å². The largest absolute Gasteiger partial charge is 0.494 e. The maximum atomic E-state index is 14.7. The van der Waals surface area contributed by atoms with Crippen molar-refractivity contribution >= 4 is 5.95 Å². The summed E-state index contributed by atoms with van der Waals surface area (Å²) in [6.45, 7) is 5.38. The van der Waals surface area contributed by atoms with Gasteiger partial charge in [0.15, 0.2) is 11.6 Å². The van der Waals surface area contributed by atoms with Gasteiger partial charge in [0.05, 0.1) is 30.0 Å². The molecular weight excluding hydrogens is 433 g/mol. The van der Waals surface area contributed by atoms with E-state index < -0.39 is 5.82 Å². The number of rotatable bonds is 4. The number of piperidine rings is 1. The predicted molar refractivity (Wildman–Crippen MR) is 130 cm³/mol. The van der Waals surface area contributed by atoms with E-state index in [-0.39, 0.29) is 29.2 Å². The number of ether oxygens (including phenoxy) is 1. The Labute approximate surface area is 199 Å². The number of hydrogen-bond donors (Lipinski definition) is 1. The molecule has 7 nitrogen and oxygen atoms in total. The second-order valence-corrected chi connectivity index (χ2v) is 9.09. The van der Waals surface area contributed by atoms with Gasteiger partial charge in [-0.2, -0.15) is 5.26 Å². The molecule has 1 aromatic heterocycles. The van der Waals surface area contributed by atoms with E-state index in [1.54, 1.807) is 23.8 Å². The predicted octanol–water partition coefficient (Wildman–Crippen LogP) is 3.65. The van der Waals surface area contributed by atoms with Gasteiger partial charge in [-0.05, 0) is 49.5 Å². The first-order valence-corrected chi connectivity index (χ1v) is 11.5. The lowest BCUT2D eigenvalue weighted by Crippen LogP contribution is -2.43. The van der Waals surface area contributed by atoms with Crippen molar-refractivity contribution in [1.82, 2.24) is 9.55 Å². The molecule has 2 aromatic rings. The van der Waals surface area contributed by atoms with Crippen LogP contribution in [0.5, 0.6) is 5.75 Å². The van der Waals surface area contributed by atoms with E-state index in [4.69, 9.17) is 15.5 Å². The summed E-state index contributed by atoms with van der Waals surface area (Å²) < 4.78 is 21.3. The van der Waals surface area contributed by atoms with Crippen molar-refractivity contribution in [2.24, 2.45) is 18.7 Å². The van der Waals surface area contributed by atoms with E-state index in [9.17, 15) is 14.4 Å². The first kappa shape index (κ1) is 23.7. The highest BCUT2D eigenvalue weighted by Gasteiger charge is 2.31. The molecule has 2 aliphatic rings. The summed E-state index contributed by atoms with van der Waals surface area (Å²) in [5.74, 6) is -0.143. The van der Waals surface area contributed by atoms with E-state index in [0.29, 0.717) is 41.4 Å². The SMILES string of the molecule is COc1ccc(-c2c(C3C=CC(C#N)=C(C)C3C)nc(N3CCC(N)CC3)n(C)c2=O)cc1F. The highest BCUT2D eigenvalue weighted by Crippen LogP contribution is 2.40. The lowest BCUT2D eigenvalue weighted by molar-refractivity contribution is 0.386. The maximum Gasteiger partial charge on any atom is 0.262 e. The van der Waals surface area contributed by atoms with Crippen LogP contribution in [0.3, 0.4) is 0 Å². The molecule has 4 rings (SSSR count). The third kappa shape index (κ3) is 4.12. The van der Waals surface area contributed by atoms with E-state index in [1.807, 2.05) is 19.9 Å². The van der Waals surface area contributed by atoms with Gasteiger partial charge < -0.3 is 15.4 Å². The Morgan fingerprint density at radius 2 is 2.00 bits per heavy atom. The quantitative estimate of drug-likeness (QED) is 0.743. The fourth-order valence-corrected chi connectivity index (χ4v) is 4.79.